The van der Waals surface area contributed by atoms with Crippen molar-refractivity contribution < 1.29 is 5.11 Å². The molecule has 0 heterocycles. The van der Waals surface area contributed by atoms with Gasteiger partial charge in [0.2, 0.25) is 0 Å². The molecular formula is C12H25NO. The van der Waals surface area contributed by atoms with Gasteiger partial charge in [-0.25, -0.2) is 0 Å². The molecule has 1 fully saturated rings. The van der Waals surface area contributed by atoms with Crippen LogP contribution in [0.1, 0.15) is 44.9 Å². The van der Waals surface area contributed by atoms with Crippen LogP contribution < -0.4 is 5.32 Å². The lowest BCUT2D eigenvalue weighted by atomic mass is 9.79. The molecule has 0 aromatic carbocycles. The molecule has 1 aliphatic rings. The summed E-state index contributed by atoms with van der Waals surface area (Å²) in [7, 11) is 2.03. The first-order valence-corrected chi connectivity index (χ1v) is 6.12. The van der Waals surface area contributed by atoms with Crippen LogP contribution in [0.25, 0.3) is 0 Å². The van der Waals surface area contributed by atoms with Crippen LogP contribution >= 0.6 is 0 Å². The van der Waals surface area contributed by atoms with Crippen molar-refractivity contribution in [3.05, 3.63) is 0 Å². The summed E-state index contributed by atoms with van der Waals surface area (Å²) in [5.41, 5.74) is 0. The van der Waals surface area contributed by atoms with Crippen molar-refractivity contribution in [3.8, 4) is 0 Å². The van der Waals surface area contributed by atoms with Gasteiger partial charge in [0.1, 0.15) is 0 Å². The highest BCUT2D eigenvalue weighted by Crippen LogP contribution is 2.32. The van der Waals surface area contributed by atoms with E-state index in [4.69, 9.17) is 5.11 Å². The highest BCUT2D eigenvalue weighted by molar-refractivity contribution is 4.73. The lowest BCUT2D eigenvalue weighted by Crippen LogP contribution is -2.19. The molecule has 0 unspecified atom stereocenters. The Morgan fingerprint density at radius 2 is 1.64 bits per heavy atom. The van der Waals surface area contributed by atoms with Crippen molar-refractivity contribution in [3.63, 3.8) is 0 Å². The van der Waals surface area contributed by atoms with Crippen molar-refractivity contribution >= 4 is 0 Å². The lowest BCUT2D eigenvalue weighted by molar-refractivity contribution is 0.223. The van der Waals surface area contributed by atoms with E-state index in [1.807, 2.05) is 7.05 Å². The van der Waals surface area contributed by atoms with Crippen LogP contribution in [-0.4, -0.2) is 25.3 Å². The molecule has 0 aromatic rings. The third-order valence-corrected chi connectivity index (χ3v) is 3.54. The third-order valence-electron chi connectivity index (χ3n) is 3.54. The Labute approximate surface area is 88.1 Å². The van der Waals surface area contributed by atoms with Crippen LogP contribution in [0.4, 0.5) is 0 Å². The van der Waals surface area contributed by atoms with Gasteiger partial charge in [0, 0.05) is 6.61 Å². The molecule has 0 saturated heterocycles. The molecule has 0 spiro atoms. The highest BCUT2D eigenvalue weighted by Gasteiger charge is 2.19. The van der Waals surface area contributed by atoms with Crippen LogP contribution in [0, 0.1) is 11.8 Å². The van der Waals surface area contributed by atoms with E-state index < -0.39 is 0 Å². The first kappa shape index (κ1) is 12.0. The maximum Gasteiger partial charge on any atom is 0.0431 e. The van der Waals surface area contributed by atoms with Gasteiger partial charge in [0.05, 0.1) is 0 Å². The Morgan fingerprint density at radius 3 is 2.14 bits per heavy atom. The van der Waals surface area contributed by atoms with Crippen molar-refractivity contribution in [1.29, 1.82) is 0 Å². The molecule has 1 saturated carbocycles. The molecule has 0 aliphatic heterocycles. The summed E-state index contributed by atoms with van der Waals surface area (Å²) in [6, 6.07) is 0. The number of rotatable bonds is 6. The molecule has 1 rings (SSSR count). The molecule has 0 amide bonds. The number of aliphatic hydroxyl groups is 1. The average molecular weight is 199 g/mol. The van der Waals surface area contributed by atoms with E-state index in [1.165, 1.54) is 45.1 Å². The van der Waals surface area contributed by atoms with E-state index >= 15 is 0 Å². The Kier molecular flexibility index (Phi) is 6.20. The zero-order valence-corrected chi connectivity index (χ0v) is 9.47. The van der Waals surface area contributed by atoms with Crippen LogP contribution in [0.3, 0.4) is 0 Å². The van der Waals surface area contributed by atoms with E-state index in [2.05, 4.69) is 5.32 Å². The number of hydrogen-bond donors (Lipinski definition) is 2. The summed E-state index contributed by atoms with van der Waals surface area (Å²) in [5, 5.41) is 12.0. The summed E-state index contributed by atoms with van der Waals surface area (Å²) in [5.74, 6) is 1.88. The van der Waals surface area contributed by atoms with E-state index in [9.17, 15) is 0 Å². The minimum Gasteiger partial charge on any atom is -0.396 e. The fourth-order valence-electron chi connectivity index (χ4n) is 2.54. The van der Waals surface area contributed by atoms with Gasteiger partial charge < -0.3 is 10.4 Å². The molecule has 84 valence electrons. The minimum atomic E-state index is 0.375. The van der Waals surface area contributed by atoms with Crippen LogP contribution in [0.2, 0.25) is 0 Å². The molecular weight excluding hydrogens is 174 g/mol. The number of nitrogens with one attached hydrogen (secondary N) is 1. The predicted molar refractivity (Wildman–Crippen MR) is 60.3 cm³/mol. The van der Waals surface area contributed by atoms with E-state index in [1.54, 1.807) is 0 Å². The first-order valence-electron chi connectivity index (χ1n) is 6.12. The van der Waals surface area contributed by atoms with E-state index in [0.29, 0.717) is 6.61 Å². The Balaban J connectivity index is 2.05. The maximum absolute atomic E-state index is 8.76. The zero-order chi connectivity index (χ0) is 10.2. The van der Waals surface area contributed by atoms with Gasteiger partial charge in [-0.05, 0) is 44.7 Å². The monoisotopic (exact) mass is 199 g/mol. The molecule has 14 heavy (non-hydrogen) atoms. The Morgan fingerprint density at radius 1 is 1.07 bits per heavy atom. The van der Waals surface area contributed by atoms with E-state index in [-0.39, 0.29) is 0 Å². The average Bonchev–Trinajstić information content (AvgIpc) is 2.25. The van der Waals surface area contributed by atoms with Gasteiger partial charge in [-0.15, -0.1) is 0 Å². The second-order valence-electron chi connectivity index (χ2n) is 4.64. The maximum atomic E-state index is 8.76. The quantitative estimate of drug-likeness (QED) is 0.687. The van der Waals surface area contributed by atoms with E-state index in [0.717, 1.165) is 18.3 Å². The van der Waals surface area contributed by atoms with Gasteiger partial charge in [0.15, 0.2) is 0 Å². The van der Waals surface area contributed by atoms with Crippen molar-refractivity contribution in [2.45, 2.75) is 44.9 Å². The largest absolute Gasteiger partial charge is 0.396 e. The Bertz CT molecular complexity index is 114. The second kappa shape index (κ2) is 7.24. The fraction of sp³-hybridized carbons (Fsp3) is 1.00. The molecule has 0 radical (unpaired) electrons. The van der Waals surface area contributed by atoms with Crippen molar-refractivity contribution in [1.82, 2.24) is 5.32 Å². The fourth-order valence-corrected chi connectivity index (χ4v) is 2.54. The van der Waals surface area contributed by atoms with Gasteiger partial charge in [-0.2, -0.15) is 0 Å². The summed E-state index contributed by atoms with van der Waals surface area (Å²) in [6.07, 6.45) is 9.22. The topological polar surface area (TPSA) is 32.3 Å². The number of aliphatic hydroxyl groups excluding tert-OH is 1. The van der Waals surface area contributed by atoms with Gasteiger partial charge >= 0.3 is 0 Å². The predicted octanol–water partition coefficient (Wildman–Crippen LogP) is 2.17. The van der Waals surface area contributed by atoms with Gasteiger partial charge in [-0.3, -0.25) is 0 Å². The van der Waals surface area contributed by atoms with Gasteiger partial charge in [-0.1, -0.05) is 25.7 Å². The molecule has 2 nitrogen and oxygen atoms in total. The van der Waals surface area contributed by atoms with Crippen LogP contribution in [0.15, 0.2) is 0 Å². The molecule has 1 aliphatic carbocycles. The summed E-state index contributed by atoms with van der Waals surface area (Å²) in [6.45, 7) is 1.55. The highest BCUT2D eigenvalue weighted by atomic mass is 16.2. The smallest absolute Gasteiger partial charge is 0.0431 e. The molecule has 2 heteroatoms. The summed E-state index contributed by atoms with van der Waals surface area (Å²) >= 11 is 0. The van der Waals surface area contributed by atoms with Gasteiger partial charge in [0.25, 0.3) is 0 Å². The van der Waals surface area contributed by atoms with Crippen molar-refractivity contribution in [2.75, 3.05) is 20.2 Å². The third kappa shape index (κ3) is 4.43. The SMILES string of the molecule is CNCCC1CCC(CCCO)CC1. The van der Waals surface area contributed by atoms with Crippen LogP contribution in [-0.2, 0) is 0 Å². The Hall–Kier alpha value is -0.0800. The molecule has 0 bridgehead atoms. The van der Waals surface area contributed by atoms with Crippen LogP contribution in [0.5, 0.6) is 0 Å². The molecule has 0 aromatic heterocycles. The standard InChI is InChI=1S/C12H25NO/c1-13-9-8-12-6-4-11(5-7-12)3-2-10-14/h11-14H,2-10H2,1H3. The van der Waals surface area contributed by atoms with Crippen molar-refractivity contribution in [2.24, 2.45) is 11.8 Å². The lowest BCUT2D eigenvalue weighted by Gasteiger charge is -2.28. The first-order chi connectivity index (χ1) is 6.86. The summed E-state index contributed by atoms with van der Waals surface area (Å²) in [4.78, 5) is 0. The summed E-state index contributed by atoms with van der Waals surface area (Å²) < 4.78 is 0. The minimum absolute atomic E-state index is 0.375. The number of hydrogen-bond acceptors (Lipinski definition) is 2. The molecule has 2 N–H and O–H groups in total. The zero-order valence-electron chi connectivity index (χ0n) is 9.47. The molecule has 0 atom stereocenters. The normalized spacial score (nSPS) is 27.9. The second-order valence-corrected chi connectivity index (χ2v) is 4.64.